The van der Waals surface area contributed by atoms with Crippen LogP contribution in [0.3, 0.4) is 0 Å². The van der Waals surface area contributed by atoms with E-state index in [-0.39, 0.29) is 0 Å². The Morgan fingerprint density at radius 2 is 2.07 bits per heavy atom. The summed E-state index contributed by atoms with van der Waals surface area (Å²) in [5, 5.41) is 2.59. The minimum absolute atomic E-state index is 0.329. The molecule has 0 saturated carbocycles. The van der Waals surface area contributed by atoms with E-state index in [1.165, 1.54) is 0 Å². The van der Waals surface area contributed by atoms with E-state index in [0.29, 0.717) is 25.8 Å². The number of rotatable bonds is 5. The van der Waals surface area contributed by atoms with E-state index in [2.05, 4.69) is 5.32 Å². The first-order chi connectivity index (χ1) is 6.81. The molecule has 0 aliphatic heterocycles. The third-order valence-corrected chi connectivity index (χ3v) is 1.57. The number of nitrogens with two attached hydrogens (primary N) is 1. The molecular formula is C10H21FN2O2. The molecule has 0 aliphatic carbocycles. The van der Waals surface area contributed by atoms with Crippen molar-refractivity contribution in [3.8, 4) is 0 Å². The quantitative estimate of drug-likeness (QED) is 0.549. The van der Waals surface area contributed by atoms with Gasteiger partial charge in [0, 0.05) is 6.54 Å². The molecule has 0 rings (SSSR count). The van der Waals surface area contributed by atoms with Gasteiger partial charge in [0.1, 0.15) is 11.9 Å². The normalized spacial score (nSPS) is 13.4. The Morgan fingerprint density at radius 1 is 1.47 bits per heavy atom. The number of unbranched alkanes of at least 4 members (excludes halogenated alkanes) is 1. The molecule has 0 unspecified atom stereocenters. The predicted molar refractivity (Wildman–Crippen MR) is 57.2 cm³/mol. The summed E-state index contributed by atoms with van der Waals surface area (Å²) in [6, 6.07) is 0. The Bertz CT molecular complexity index is 190. The zero-order valence-corrected chi connectivity index (χ0v) is 9.68. The van der Waals surface area contributed by atoms with Crippen LogP contribution in [0.25, 0.3) is 0 Å². The molecule has 3 N–H and O–H groups in total. The SMILES string of the molecule is CC(C)(C)OC(=O)NCCCC[C@H](N)F. The maximum Gasteiger partial charge on any atom is 0.407 e. The van der Waals surface area contributed by atoms with Gasteiger partial charge in [-0.2, -0.15) is 0 Å². The maximum absolute atomic E-state index is 12.2. The topological polar surface area (TPSA) is 64.3 Å². The molecule has 0 aliphatic rings. The Kier molecular flexibility index (Phi) is 6.24. The van der Waals surface area contributed by atoms with Crippen molar-refractivity contribution < 1.29 is 13.9 Å². The number of alkyl halides is 1. The van der Waals surface area contributed by atoms with E-state index in [9.17, 15) is 9.18 Å². The number of nitrogens with one attached hydrogen (secondary N) is 1. The van der Waals surface area contributed by atoms with Gasteiger partial charge in [-0.1, -0.05) is 0 Å². The van der Waals surface area contributed by atoms with Crippen molar-refractivity contribution in [2.24, 2.45) is 5.73 Å². The summed E-state index contributed by atoms with van der Waals surface area (Å²) in [6.45, 7) is 5.89. The van der Waals surface area contributed by atoms with Crippen LogP contribution >= 0.6 is 0 Å². The lowest BCUT2D eigenvalue weighted by Crippen LogP contribution is -2.33. The van der Waals surface area contributed by atoms with Crippen LogP contribution in [0.2, 0.25) is 0 Å². The molecule has 0 radical (unpaired) electrons. The molecule has 0 saturated heterocycles. The van der Waals surface area contributed by atoms with E-state index in [1.807, 2.05) is 0 Å². The number of halogens is 1. The van der Waals surface area contributed by atoms with Crippen molar-refractivity contribution in [2.45, 2.75) is 51.9 Å². The van der Waals surface area contributed by atoms with Crippen LogP contribution < -0.4 is 11.1 Å². The Hall–Kier alpha value is -0.840. The molecule has 0 aromatic carbocycles. The molecular weight excluding hydrogens is 199 g/mol. The van der Waals surface area contributed by atoms with E-state index in [1.54, 1.807) is 20.8 Å². The lowest BCUT2D eigenvalue weighted by atomic mass is 10.2. The van der Waals surface area contributed by atoms with Crippen LogP contribution in [0.15, 0.2) is 0 Å². The minimum Gasteiger partial charge on any atom is -0.444 e. The smallest absolute Gasteiger partial charge is 0.407 e. The zero-order valence-electron chi connectivity index (χ0n) is 9.68. The second-order valence-electron chi connectivity index (χ2n) is 4.44. The summed E-state index contributed by atoms with van der Waals surface area (Å²) in [4.78, 5) is 11.1. The summed E-state index contributed by atoms with van der Waals surface area (Å²) in [5.41, 5.74) is 4.46. The van der Waals surface area contributed by atoms with Gasteiger partial charge in [0.2, 0.25) is 0 Å². The summed E-state index contributed by atoms with van der Waals surface area (Å²) < 4.78 is 17.2. The number of carbonyl (C=O) groups excluding carboxylic acids is 1. The molecule has 0 fully saturated rings. The van der Waals surface area contributed by atoms with Gasteiger partial charge in [0.25, 0.3) is 0 Å². The highest BCUT2D eigenvalue weighted by Crippen LogP contribution is 2.06. The molecule has 1 atom stereocenters. The number of alkyl carbamates (subject to hydrolysis) is 1. The fourth-order valence-electron chi connectivity index (χ4n) is 0.969. The molecule has 90 valence electrons. The molecule has 0 aromatic heterocycles. The number of carbonyl (C=O) groups is 1. The van der Waals surface area contributed by atoms with E-state index >= 15 is 0 Å². The fraction of sp³-hybridized carbons (Fsp3) is 0.900. The highest BCUT2D eigenvalue weighted by atomic mass is 19.1. The van der Waals surface area contributed by atoms with E-state index in [4.69, 9.17) is 10.5 Å². The van der Waals surface area contributed by atoms with Crippen molar-refractivity contribution in [3.05, 3.63) is 0 Å². The molecule has 0 heterocycles. The van der Waals surface area contributed by atoms with Gasteiger partial charge < -0.3 is 15.8 Å². The van der Waals surface area contributed by atoms with Crippen LogP contribution in [0, 0.1) is 0 Å². The van der Waals surface area contributed by atoms with Crippen LogP contribution in [0.1, 0.15) is 40.0 Å². The van der Waals surface area contributed by atoms with Crippen LogP contribution in [0.4, 0.5) is 9.18 Å². The number of hydrogen-bond donors (Lipinski definition) is 2. The van der Waals surface area contributed by atoms with Gasteiger partial charge in [-0.25, -0.2) is 9.18 Å². The molecule has 5 heteroatoms. The zero-order chi connectivity index (χ0) is 11.9. The third-order valence-electron chi connectivity index (χ3n) is 1.57. The number of ether oxygens (including phenoxy) is 1. The molecule has 0 aromatic rings. The van der Waals surface area contributed by atoms with Crippen molar-refractivity contribution >= 4 is 6.09 Å². The number of amides is 1. The first kappa shape index (κ1) is 14.2. The van der Waals surface area contributed by atoms with Crippen molar-refractivity contribution in [2.75, 3.05) is 6.54 Å². The maximum atomic E-state index is 12.2. The predicted octanol–water partition coefficient (Wildman–Crippen LogP) is 1.94. The first-order valence-electron chi connectivity index (χ1n) is 5.18. The summed E-state index contributed by atoms with van der Waals surface area (Å²) >= 11 is 0. The van der Waals surface area contributed by atoms with E-state index < -0.39 is 18.0 Å². The first-order valence-corrected chi connectivity index (χ1v) is 5.18. The van der Waals surface area contributed by atoms with Gasteiger partial charge in [-0.3, -0.25) is 0 Å². The van der Waals surface area contributed by atoms with E-state index in [0.717, 1.165) is 0 Å². The van der Waals surface area contributed by atoms with Crippen LogP contribution in [-0.4, -0.2) is 24.5 Å². The van der Waals surface area contributed by atoms with Crippen molar-refractivity contribution in [3.63, 3.8) is 0 Å². The van der Waals surface area contributed by atoms with Crippen molar-refractivity contribution in [1.29, 1.82) is 0 Å². The van der Waals surface area contributed by atoms with Gasteiger partial charge in [0.15, 0.2) is 0 Å². The second-order valence-corrected chi connectivity index (χ2v) is 4.44. The lowest BCUT2D eigenvalue weighted by molar-refractivity contribution is 0.0527. The third kappa shape index (κ3) is 11.1. The lowest BCUT2D eigenvalue weighted by Gasteiger charge is -2.19. The van der Waals surface area contributed by atoms with Crippen LogP contribution in [-0.2, 0) is 4.74 Å². The van der Waals surface area contributed by atoms with Gasteiger partial charge in [-0.05, 0) is 40.0 Å². The highest BCUT2D eigenvalue weighted by Gasteiger charge is 2.15. The van der Waals surface area contributed by atoms with Gasteiger partial charge in [0.05, 0.1) is 0 Å². The Morgan fingerprint density at radius 3 is 2.53 bits per heavy atom. The summed E-state index contributed by atoms with van der Waals surface area (Å²) in [7, 11) is 0. The molecule has 0 bridgehead atoms. The largest absolute Gasteiger partial charge is 0.444 e. The molecule has 15 heavy (non-hydrogen) atoms. The molecule has 4 nitrogen and oxygen atoms in total. The van der Waals surface area contributed by atoms with Crippen LogP contribution in [0.5, 0.6) is 0 Å². The van der Waals surface area contributed by atoms with Crippen molar-refractivity contribution in [1.82, 2.24) is 5.32 Å². The second kappa shape index (κ2) is 6.61. The minimum atomic E-state index is -1.26. The highest BCUT2D eigenvalue weighted by molar-refractivity contribution is 5.67. The molecule has 0 spiro atoms. The average molecular weight is 220 g/mol. The summed E-state index contributed by atoms with van der Waals surface area (Å²) in [6.07, 6.45) is -0.000997. The number of hydrogen-bond acceptors (Lipinski definition) is 3. The van der Waals surface area contributed by atoms with Gasteiger partial charge >= 0.3 is 6.09 Å². The monoisotopic (exact) mass is 220 g/mol. The Labute approximate surface area is 90.4 Å². The standard InChI is InChI=1S/C10H21FN2O2/c1-10(2,3)15-9(14)13-7-5-4-6-8(11)12/h8H,4-7,12H2,1-3H3,(H,13,14)/t8-/m0/s1. The Balaban J connectivity index is 3.40. The average Bonchev–Trinajstić information content (AvgIpc) is 1.99. The molecule has 1 amide bonds. The fourth-order valence-corrected chi connectivity index (χ4v) is 0.969. The summed E-state index contributed by atoms with van der Waals surface area (Å²) in [5.74, 6) is 0. The van der Waals surface area contributed by atoms with Gasteiger partial charge in [-0.15, -0.1) is 0 Å².